The van der Waals surface area contributed by atoms with Crippen molar-refractivity contribution in [1.82, 2.24) is 4.98 Å². The van der Waals surface area contributed by atoms with E-state index in [1.165, 1.54) is 0 Å². The highest BCUT2D eigenvalue weighted by molar-refractivity contribution is 6.22. The number of amides is 1. The number of carboxylic acids is 1. The van der Waals surface area contributed by atoms with E-state index in [9.17, 15) is 23.1 Å². The van der Waals surface area contributed by atoms with E-state index in [1.807, 2.05) is 42.5 Å². The van der Waals surface area contributed by atoms with Crippen molar-refractivity contribution >= 4 is 39.9 Å². The molecule has 1 aliphatic heterocycles. The largest absolute Gasteiger partial charge is 0.494 e. The lowest BCUT2D eigenvalue weighted by atomic mass is 10.00. The molecule has 1 saturated heterocycles. The van der Waals surface area contributed by atoms with Crippen LogP contribution in [0.25, 0.3) is 10.9 Å². The Labute approximate surface area is 226 Å². The van der Waals surface area contributed by atoms with Gasteiger partial charge in [-0.25, -0.2) is 9.79 Å². The normalized spacial score (nSPS) is 14.0. The van der Waals surface area contributed by atoms with Gasteiger partial charge >= 0.3 is 12.1 Å². The third-order valence-corrected chi connectivity index (χ3v) is 6.06. The van der Waals surface area contributed by atoms with Gasteiger partial charge in [-0.3, -0.25) is 4.79 Å². The molecule has 0 spiro atoms. The molecule has 1 amide bonds. The summed E-state index contributed by atoms with van der Waals surface area (Å²) in [6.07, 6.45) is -5.08. The number of anilines is 1. The van der Waals surface area contributed by atoms with Gasteiger partial charge in [0.2, 0.25) is 5.91 Å². The van der Waals surface area contributed by atoms with E-state index in [0.717, 1.165) is 48.6 Å². The van der Waals surface area contributed by atoms with Gasteiger partial charge in [0.25, 0.3) is 0 Å². The van der Waals surface area contributed by atoms with E-state index in [0.29, 0.717) is 22.4 Å². The standard InChI is InChI=1S/C26H24N4O3.C2HF3O2/c27-25(31)18-6-11-21-22(16-18)29-26(32)23(21)24(17-4-2-1-3-5-17)28-19-7-9-20(10-8-19)30-12-14-33-15-13-30;3-2(4,5)1(6)7/h1-11,16,29,32H,12-15H2,(H2,27,31);(H,6,7). The second-order valence-corrected chi connectivity index (χ2v) is 8.72. The molecule has 1 aliphatic rings. The molecule has 208 valence electrons. The Morgan fingerprint density at radius 3 is 2.15 bits per heavy atom. The van der Waals surface area contributed by atoms with Gasteiger partial charge in [-0.1, -0.05) is 36.4 Å². The van der Waals surface area contributed by atoms with E-state index in [-0.39, 0.29) is 5.88 Å². The van der Waals surface area contributed by atoms with Gasteiger partial charge in [-0.05, 0) is 36.4 Å². The van der Waals surface area contributed by atoms with Crippen LogP contribution in [-0.4, -0.2) is 65.3 Å². The number of benzene rings is 3. The van der Waals surface area contributed by atoms with E-state index >= 15 is 0 Å². The van der Waals surface area contributed by atoms with E-state index in [1.54, 1.807) is 18.2 Å². The number of carbonyl (C=O) groups is 2. The number of carboxylic acid groups (broad SMARTS) is 1. The Hall–Kier alpha value is -4.84. The number of aromatic hydroxyl groups is 1. The lowest BCUT2D eigenvalue weighted by Crippen LogP contribution is -2.36. The first-order valence-corrected chi connectivity index (χ1v) is 12.1. The third kappa shape index (κ3) is 6.59. The fourth-order valence-corrected chi connectivity index (χ4v) is 4.13. The quantitative estimate of drug-likeness (QED) is 0.266. The van der Waals surface area contributed by atoms with Gasteiger partial charge in [0.1, 0.15) is 0 Å². The number of rotatable bonds is 5. The van der Waals surface area contributed by atoms with Crippen LogP contribution >= 0.6 is 0 Å². The summed E-state index contributed by atoms with van der Waals surface area (Å²) < 4.78 is 37.2. The molecule has 40 heavy (non-hydrogen) atoms. The predicted octanol–water partition coefficient (Wildman–Crippen LogP) is 4.61. The molecule has 5 N–H and O–H groups in total. The third-order valence-electron chi connectivity index (χ3n) is 6.06. The van der Waals surface area contributed by atoms with Crippen molar-refractivity contribution in [3.63, 3.8) is 0 Å². The summed E-state index contributed by atoms with van der Waals surface area (Å²) in [6.45, 7) is 3.20. The predicted molar refractivity (Wildman–Crippen MR) is 143 cm³/mol. The van der Waals surface area contributed by atoms with Crippen molar-refractivity contribution in [3.05, 3.63) is 89.5 Å². The molecule has 0 bridgehead atoms. The van der Waals surface area contributed by atoms with E-state index < -0.39 is 18.1 Å². The number of carbonyl (C=O) groups excluding carboxylic acids is 1. The minimum Gasteiger partial charge on any atom is -0.494 e. The first-order valence-electron chi connectivity index (χ1n) is 12.1. The van der Waals surface area contributed by atoms with Crippen molar-refractivity contribution < 1.29 is 37.7 Å². The number of fused-ring (bicyclic) bond motifs is 1. The minimum atomic E-state index is -5.08. The zero-order valence-corrected chi connectivity index (χ0v) is 21.0. The molecule has 0 radical (unpaired) electrons. The summed E-state index contributed by atoms with van der Waals surface area (Å²) in [7, 11) is 0. The average molecular weight is 555 g/mol. The number of aromatic amines is 1. The van der Waals surface area contributed by atoms with E-state index in [2.05, 4.69) is 22.0 Å². The molecule has 0 atom stereocenters. The number of aliphatic carboxylic acids is 1. The van der Waals surface area contributed by atoms with Crippen LogP contribution < -0.4 is 10.6 Å². The molecule has 1 aromatic heterocycles. The maximum Gasteiger partial charge on any atom is 0.490 e. The number of morpholine rings is 1. The molecule has 9 nitrogen and oxygen atoms in total. The maximum absolute atomic E-state index is 11.6. The molecule has 0 saturated carbocycles. The van der Waals surface area contributed by atoms with Gasteiger partial charge in [0, 0.05) is 40.8 Å². The minimum absolute atomic E-state index is 0.0147. The second-order valence-electron chi connectivity index (χ2n) is 8.72. The van der Waals surface area contributed by atoms with Crippen molar-refractivity contribution in [2.24, 2.45) is 10.7 Å². The molecule has 0 unspecified atom stereocenters. The van der Waals surface area contributed by atoms with Crippen LogP contribution in [0.1, 0.15) is 21.5 Å². The average Bonchev–Trinajstić information content (AvgIpc) is 3.27. The Morgan fingerprint density at radius 2 is 1.57 bits per heavy atom. The first-order chi connectivity index (χ1) is 19.0. The number of aromatic nitrogens is 1. The van der Waals surface area contributed by atoms with E-state index in [4.69, 9.17) is 25.4 Å². The number of alkyl halides is 3. The summed E-state index contributed by atoms with van der Waals surface area (Å²) in [4.78, 5) is 30.7. The number of nitrogens with one attached hydrogen (secondary N) is 1. The highest BCUT2D eigenvalue weighted by Crippen LogP contribution is 2.32. The SMILES string of the molecule is NC(=O)c1ccc2c(C(=Nc3ccc(N4CCOCC4)cc3)c3ccccc3)c(O)[nH]c2c1.O=C(O)C(F)(F)F. The summed E-state index contributed by atoms with van der Waals surface area (Å²) in [5, 5.41) is 18.7. The second kappa shape index (κ2) is 11.9. The van der Waals surface area contributed by atoms with Gasteiger partial charge in [0.15, 0.2) is 5.88 Å². The van der Waals surface area contributed by atoms with Gasteiger partial charge in [0.05, 0.1) is 30.2 Å². The molecule has 12 heteroatoms. The van der Waals surface area contributed by atoms with Crippen LogP contribution in [0.15, 0.2) is 77.8 Å². The summed E-state index contributed by atoms with van der Waals surface area (Å²) in [6, 6.07) is 22.9. The number of ether oxygens (including phenoxy) is 1. The lowest BCUT2D eigenvalue weighted by Gasteiger charge is -2.28. The fraction of sp³-hybridized carbons (Fsp3) is 0.179. The van der Waals surface area contributed by atoms with Crippen LogP contribution in [0.3, 0.4) is 0 Å². The van der Waals surface area contributed by atoms with Gasteiger partial charge in [-0.15, -0.1) is 0 Å². The van der Waals surface area contributed by atoms with Crippen LogP contribution in [0, 0.1) is 0 Å². The van der Waals surface area contributed by atoms with Crippen LogP contribution in [-0.2, 0) is 9.53 Å². The topological polar surface area (TPSA) is 141 Å². The monoisotopic (exact) mass is 554 g/mol. The maximum atomic E-state index is 11.6. The molecule has 4 aromatic rings. The molecular weight excluding hydrogens is 529 g/mol. The number of aliphatic imine (C=N–C) groups is 1. The molecule has 2 heterocycles. The van der Waals surface area contributed by atoms with Crippen molar-refractivity contribution in [2.45, 2.75) is 6.18 Å². The number of hydrogen-bond donors (Lipinski definition) is 4. The highest BCUT2D eigenvalue weighted by atomic mass is 19.4. The zero-order valence-electron chi connectivity index (χ0n) is 21.0. The molecule has 0 aliphatic carbocycles. The molecule has 3 aromatic carbocycles. The first kappa shape index (κ1) is 28.2. The molecule has 1 fully saturated rings. The summed E-state index contributed by atoms with van der Waals surface area (Å²) in [5.74, 6) is -3.29. The van der Waals surface area contributed by atoms with Crippen LogP contribution in [0.2, 0.25) is 0 Å². The van der Waals surface area contributed by atoms with Gasteiger partial charge in [-0.2, -0.15) is 13.2 Å². The Kier molecular flexibility index (Phi) is 8.39. The number of H-pyrrole nitrogens is 1. The molecule has 5 rings (SSSR count). The Balaban J connectivity index is 0.000000470. The van der Waals surface area contributed by atoms with Crippen molar-refractivity contribution in [3.8, 4) is 5.88 Å². The molecular formula is C28H25F3N4O5. The summed E-state index contributed by atoms with van der Waals surface area (Å²) in [5.41, 5.74) is 10.4. The van der Waals surface area contributed by atoms with Gasteiger partial charge < -0.3 is 30.6 Å². The Bertz CT molecular complexity index is 1530. The van der Waals surface area contributed by atoms with Crippen molar-refractivity contribution in [2.75, 3.05) is 31.2 Å². The summed E-state index contributed by atoms with van der Waals surface area (Å²) >= 11 is 0. The number of nitrogens with zero attached hydrogens (tertiary/aromatic N) is 2. The van der Waals surface area contributed by atoms with Crippen molar-refractivity contribution in [1.29, 1.82) is 0 Å². The number of hydrogen-bond acceptors (Lipinski definition) is 6. The smallest absolute Gasteiger partial charge is 0.490 e. The highest BCUT2D eigenvalue weighted by Gasteiger charge is 2.38. The Morgan fingerprint density at radius 1 is 0.950 bits per heavy atom. The van der Waals surface area contributed by atoms with Crippen LogP contribution in [0.4, 0.5) is 24.5 Å². The van der Waals surface area contributed by atoms with Crippen LogP contribution in [0.5, 0.6) is 5.88 Å². The lowest BCUT2D eigenvalue weighted by molar-refractivity contribution is -0.192. The number of primary amides is 1. The zero-order chi connectivity index (χ0) is 28.9. The fourth-order valence-electron chi connectivity index (χ4n) is 4.13. The number of halogens is 3. The number of nitrogens with two attached hydrogens (primary N) is 1.